The lowest BCUT2D eigenvalue weighted by Gasteiger charge is -2.31. The Labute approximate surface area is 198 Å². The molecule has 5 nitrogen and oxygen atoms in total. The van der Waals surface area contributed by atoms with Crippen LogP contribution in [0.2, 0.25) is 5.02 Å². The summed E-state index contributed by atoms with van der Waals surface area (Å²) >= 11 is 9.87. The zero-order valence-corrected chi connectivity index (χ0v) is 21.0. The van der Waals surface area contributed by atoms with Gasteiger partial charge in [0.05, 0.1) is 0 Å². The van der Waals surface area contributed by atoms with Crippen LogP contribution in [-0.2, 0) is 16.1 Å². The molecule has 0 fully saturated rings. The number of hydrogen-bond donors (Lipinski definition) is 1. The first kappa shape index (κ1) is 25.2. The van der Waals surface area contributed by atoms with E-state index >= 15 is 0 Å². The molecular weight excluding hydrogens is 480 g/mol. The standard InChI is InChI=1S/C24H30BrClN2O3/c1-6-21(24(30)27-15(2)3)28(13-18-9-7-8-10-20(18)26)22(29)14-31-19-11-16(4)23(25)17(5)12-19/h7-12,15,21H,6,13-14H2,1-5H3,(H,27,30)/t21-/m0/s1. The zero-order valence-electron chi connectivity index (χ0n) is 18.7. The molecule has 2 aromatic rings. The van der Waals surface area contributed by atoms with E-state index in [9.17, 15) is 9.59 Å². The minimum absolute atomic E-state index is 0.0243. The molecule has 0 heterocycles. The van der Waals surface area contributed by atoms with E-state index in [2.05, 4.69) is 21.2 Å². The molecule has 1 N–H and O–H groups in total. The van der Waals surface area contributed by atoms with Crippen molar-refractivity contribution in [1.29, 1.82) is 0 Å². The average molecular weight is 510 g/mol. The SMILES string of the molecule is CC[C@@H](C(=O)NC(C)C)N(Cc1ccccc1Cl)C(=O)COc1cc(C)c(Br)c(C)c1. The van der Waals surface area contributed by atoms with Gasteiger partial charge in [0.25, 0.3) is 5.91 Å². The molecule has 0 aliphatic carbocycles. The Morgan fingerprint density at radius 2 is 1.77 bits per heavy atom. The zero-order chi connectivity index (χ0) is 23.1. The molecule has 0 aromatic heterocycles. The molecule has 2 aromatic carbocycles. The highest BCUT2D eigenvalue weighted by atomic mass is 79.9. The molecule has 7 heteroatoms. The fourth-order valence-corrected chi connectivity index (χ4v) is 3.75. The second kappa shape index (κ2) is 11.5. The minimum atomic E-state index is -0.622. The molecular formula is C24H30BrClN2O3. The summed E-state index contributed by atoms with van der Waals surface area (Å²) < 4.78 is 6.83. The van der Waals surface area contributed by atoms with Crippen molar-refractivity contribution >= 4 is 39.3 Å². The van der Waals surface area contributed by atoms with Crippen LogP contribution in [0.4, 0.5) is 0 Å². The summed E-state index contributed by atoms with van der Waals surface area (Å²) in [5.41, 5.74) is 2.83. The third-order valence-electron chi connectivity index (χ3n) is 4.89. The number of nitrogens with one attached hydrogen (secondary N) is 1. The lowest BCUT2D eigenvalue weighted by atomic mass is 10.1. The largest absolute Gasteiger partial charge is 0.484 e. The molecule has 0 saturated carbocycles. The average Bonchev–Trinajstić information content (AvgIpc) is 2.70. The van der Waals surface area contributed by atoms with Crippen LogP contribution in [-0.4, -0.2) is 35.4 Å². The summed E-state index contributed by atoms with van der Waals surface area (Å²) in [6, 6.07) is 10.4. The quantitative estimate of drug-likeness (QED) is 0.490. The number of rotatable bonds is 9. The van der Waals surface area contributed by atoms with Crippen LogP contribution < -0.4 is 10.1 Å². The Bertz CT molecular complexity index is 910. The van der Waals surface area contributed by atoms with Crippen LogP contribution in [0.15, 0.2) is 40.9 Å². The summed E-state index contributed by atoms with van der Waals surface area (Å²) in [7, 11) is 0. The summed E-state index contributed by atoms with van der Waals surface area (Å²) in [4.78, 5) is 27.6. The highest BCUT2D eigenvalue weighted by molar-refractivity contribution is 9.10. The van der Waals surface area contributed by atoms with E-state index in [-0.39, 0.29) is 31.0 Å². The van der Waals surface area contributed by atoms with Crippen LogP contribution in [0.5, 0.6) is 5.75 Å². The van der Waals surface area contributed by atoms with Crippen LogP contribution in [0.25, 0.3) is 0 Å². The Morgan fingerprint density at radius 1 is 1.16 bits per heavy atom. The van der Waals surface area contributed by atoms with Crippen molar-refractivity contribution in [1.82, 2.24) is 10.2 Å². The maximum Gasteiger partial charge on any atom is 0.261 e. The molecule has 0 saturated heterocycles. The molecule has 0 aliphatic rings. The van der Waals surface area contributed by atoms with Crippen molar-refractivity contribution in [3.8, 4) is 5.75 Å². The van der Waals surface area contributed by atoms with Gasteiger partial charge in [-0.05, 0) is 69.0 Å². The van der Waals surface area contributed by atoms with Crippen molar-refractivity contribution < 1.29 is 14.3 Å². The third kappa shape index (κ3) is 6.97. The van der Waals surface area contributed by atoms with Gasteiger partial charge in [0.1, 0.15) is 11.8 Å². The predicted molar refractivity (Wildman–Crippen MR) is 128 cm³/mol. The number of hydrogen-bond acceptors (Lipinski definition) is 3. The molecule has 0 bridgehead atoms. The van der Waals surface area contributed by atoms with Crippen molar-refractivity contribution in [2.75, 3.05) is 6.61 Å². The highest BCUT2D eigenvalue weighted by Gasteiger charge is 2.29. The Balaban J connectivity index is 2.26. The number of ether oxygens (including phenoxy) is 1. The first-order valence-electron chi connectivity index (χ1n) is 10.4. The minimum Gasteiger partial charge on any atom is -0.484 e. The maximum atomic E-state index is 13.2. The normalized spacial score (nSPS) is 11.9. The first-order valence-corrected chi connectivity index (χ1v) is 11.5. The van der Waals surface area contributed by atoms with E-state index in [1.54, 1.807) is 11.0 Å². The van der Waals surface area contributed by atoms with E-state index < -0.39 is 6.04 Å². The lowest BCUT2D eigenvalue weighted by Crippen LogP contribution is -2.51. The van der Waals surface area contributed by atoms with E-state index in [0.29, 0.717) is 17.2 Å². The number of benzene rings is 2. The van der Waals surface area contributed by atoms with Gasteiger partial charge in [-0.1, -0.05) is 52.7 Å². The first-order chi connectivity index (χ1) is 14.6. The van der Waals surface area contributed by atoms with E-state index in [0.717, 1.165) is 21.2 Å². The highest BCUT2D eigenvalue weighted by Crippen LogP contribution is 2.26. The molecule has 1 atom stereocenters. The molecule has 2 rings (SSSR count). The van der Waals surface area contributed by atoms with Crippen LogP contribution in [0.1, 0.15) is 43.9 Å². The summed E-state index contributed by atoms with van der Waals surface area (Å²) in [6.07, 6.45) is 0.477. The monoisotopic (exact) mass is 508 g/mol. The van der Waals surface area contributed by atoms with Crippen LogP contribution >= 0.6 is 27.5 Å². The van der Waals surface area contributed by atoms with Gasteiger partial charge in [-0.25, -0.2) is 0 Å². The van der Waals surface area contributed by atoms with Gasteiger partial charge >= 0.3 is 0 Å². The number of halogens is 2. The molecule has 168 valence electrons. The van der Waals surface area contributed by atoms with Crippen LogP contribution in [0.3, 0.4) is 0 Å². The molecule has 0 spiro atoms. The molecule has 0 unspecified atom stereocenters. The number of nitrogens with zero attached hydrogens (tertiary/aromatic N) is 1. The van der Waals surface area contributed by atoms with E-state index in [4.69, 9.17) is 16.3 Å². The molecule has 0 aliphatic heterocycles. The molecule has 0 radical (unpaired) electrons. The van der Waals surface area contributed by atoms with Crippen molar-refractivity contribution in [2.24, 2.45) is 0 Å². The van der Waals surface area contributed by atoms with Crippen LogP contribution in [0, 0.1) is 13.8 Å². The number of aryl methyl sites for hydroxylation is 2. The van der Waals surface area contributed by atoms with Gasteiger partial charge in [-0.15, -0.1) is 0 Å². The van der Waals surface area contributed by atoms with Gasteiger partial charge in [-0.2, -0.15) is 0 Å². The van der Waals surface area contributed by atoms with Crippen molar-refractivity contribution in [3.05, 3.63) is 62.6 Å². The fraction of sp³-hybridized carbons (Fsp3) is 0.417. The van der Waals surface area contributed by atoms with Crippen molar-refractivity contribution in [2.45, 2.75) is 59.7 Å². The number of carbonyl (C=O) groups excluding carboxylic acids is 2. The van der Waals surface area contributed by atoms with Crippen molar-refractivity contribution in [3.63, 3.8) is 0 Å². The number of carbonyl (C=O) groups is 2. The Kier molecular flexibility index (Phi) is 9.38. The van der Waals surface area contributed by atoms with Gasteiger partial charge in [0, 0.05) is 22.1 Å². The van der Waals surface area contributed by atoms with E-state index in [1.807, 2.05) is 65.0 Å². The Hall–Kier alpha value is -2.05. The fourth-order valence-electron chi connectivity index (χ4n) is 3.33. The summed E-state index contributed by atoms with van der Waals surface area (Å²) in [6.45, 7) is 9.68. The van der Waals surface area contributed by atoms with E-state index in [1.165, 1.54) is 0 Å². The second-order valence-electron chi connectivity index (χ2n) is 7.86. The Morgan fingerprint density at radius 3 is 2.32 bits per heavy atom. The summed E-state index contributed by atoms with van der Waals surface area (Å²) in [5.74, 6) is 0.154. The molecule has 2 amide bonds. The smallest absolute Gasteiger partial charge is 0.261 e. The topological polar surface area (TPSA) is 58.6 Å². The van der Waals surface area contributed by atoms with Gasteiger partial charge < -0.3 is 15.0 Å². The van der Waals surface area contributed by atoms with Gasteiger partial charge in [0.2, 0.25) is 5.91 Å². The predicted octanol–water partition coefficient (Wildman–Crippen LogP) is 5.43. The third-order valence-corrected chi connectivity index (χ3v) is 6.51. The maximum absolute atomic E-state index is 13.2. The second-order valence-corrected chi connectivity index (χ2v) is 9.06. The van der Waals surface area contributed by atoms with Gasteiger partial charge in [-0.3, -0.25) is 9.59 Å². The van der Waals surface area contributed by atoms with Gasteiger partial charge in [0.15, 0.2) is 6.61 Å². The number of amides is 2. The lowest BCUT2D eigenvalue weighted by molar-refractivity contribution is -0.143. The molecule has 31 heavy (non-hydrogen) atoms. The summed E-state index contributed by atoms with van der Waals surface area (Å²) in [5, 5.41) is 3.47.